The summed E-state index contributed by atoms with van der Waals surface area (Å²) < 4.78 is 18.8. The first-order valence-corrected chi connectivity index (χ1v) is 5.46. The van der Waals surface area contributed by atoms with Gasteiger partial charge in [-0.25, -0.2) is 4.39 Å². The molecule has 1 heterocycles. The van der Waals surface area contributed by atoms with Gasteiger partial charge in [-0.15, -0.1) is 0 Å². The van der Waals surface area contributed by atoms with Crippen LogP contribution < -0.4 is 15.4 Å². The molecule has 17 heavy (non-hydrogen) atoms. The van der Waals surface area contributed by atoms with Crippen molar-refractivity contribution in [2.24, 2.45) is 5.73 Å². The smallest absolute Gasteiger partial charge is 0.270 e. The molecule has 0 unspecified atom stereocenters. The lowest BCUT2D eigenvalue weighted by Gasteiger charge is -2.38. The number of halogens is 1. The standard InChI is InChI=1S/C12H15FN2O2/c1-12(2)11(16)15(6-5-14)9-7-8(13)3-4-10(9)17-12/h3-4,7H,5-6,14H2,1-2H3. The maximum absolute atomic E-state index is 13.2. The Morgan fingerprint density at radius 3 is 2.82 bits per heavy atom. The van der Waals surface area contributed by atoms with Crippen LogP contribution in [-0.2, 0) is 4.79 Å². The van der Waals surface area contributed by atoms with E-state index in [1.165, 1.54) is 23.1 Å². The molecule has 0 saturated carbocycles. The van der Waals surface area contributed by atoms with E-state index >= 15 is 0 Å². The number of ether oxygens (including phenoxy) is 1. The van der Waals surface area contributed by atoms with E-state index in [0.717, 1.165) is 0 Å². The molecule has 0 radical (unpaired) electrons. The van der Waals surface area contributed by atoms with Crippen LogP contribution in [0.4, 0.5) is 10.1 Å². The largest absolute Gasteiger partial charge is 0.476 e. The Kier molecular flexibility index (Phi) is 2.79. The molecule has 2 N–H and O–H groups in total. The molecule has 1 aliphatic rings. The second kappa shape index (κ2) is 4.00. The maximum atomic E-state index is 13.2. The van der Waals surface area contributed by atoms with Gasteiger partial charge >= 0.3 is 0 Å². The Bertz CT molecular complexity index is 460. The van der Waals surface area contributed by atoms with Crippen LogP contribution in [0.1, 0.15) is 13.8 Å². The summed E-state index contributed by atoms with van der Waals surface area (Å²) in [5.41, 5.74) is 4.98. The van der Waals surface area contributed by atoms with E-state index in [4.69, 9.17) is 10.5 Å². The minimum Gasteiger partial charge on any atom is -0.476 e. The van der Waals surface area contributed by atoms with Gasteiger partial charge in [-0.05, 0) is 26.0 Å². The molecule has 4 nitrogen and oxygen atoms in total. The lowest BCUT2D eigenvalue weighted by Crippen LogP contribution is -2.53. The number of anilines is 1. The van der Waals surface area contributed by atoms with Crippen LogP contribution in [0, 0.1) is 5.82 Å². The summed E-state index contributed by atoms with van der Waals surface area (Å²) in [5, 5.41) is 0. The lowest BCUT2D eigenvalue weighted by atomic mass is 10.0. The van der Waals surface area contributed by atoms with Gasteiger partial charge in [0.1, 0.15) is 11.6 Å². The van der Waals surface area contributed by atoms with Gasteiger partial charge in [0.05, 0.1) is 5.69 Å². The number of amides is 1. The molecule has 0 bridgehead atoms. The van der Waals surface area contributed by atoms with Crippen LogP contribution >= 0.6 is 0 Å². The maximum Gasteiger partial charge on any atom is 0.270 e. The van der Waals surface area contributed by atoms with E-state index in [9.17, 15) is 9.18 Å². The van der Waals surface area contributed by atoms with Gasteiger partial charge in [0.15, 0.2) is 5.60 Å². The molecule has 2 rings (SSSR count). The van der Waals surface area contributed by atoms with Gasteiger partial charge in [-0.3, -0.25) is 4.79 Å². The van der Waals surface area contributed by atoms with Crippen molar-refractivity contribution in [2.75, 3.05) is 18.0 Å². The third kappa shape index (κ3) is 1.98. The zero-order chi connectivity index (χ0) is 12.6. The number of hydrogen-bond acceptors (Lipinski definition) is 3. The summed E-state index contributed by atoms with van der Waals surface area (Å²) >= 11 is 0. The van der Waals surface area contributed by atoms with Crippen molar-refractivity contribution in [3.05, 3.63) is 24.0 Å². The van der Waals surface area contributed by atoms with Crippen molar-refractivity contribution in [1.29, 1.82) is 0 Å². The molecular weight excluding hydrogens is 223 g/mol. The van der Waals surface area contributed by atoms with Crippen LogP contribution in [0.5, 0.6) is 5.75 Å². The molecule has 0 aromatic heterocycles. The molecule has 0 aliphatic carbocycles. The Morgan fingerprint density at radius 1 is 1.47 bits per heavy atom. The molecule has 0 fully saturated rings. The Balaban J connectivity index is 2.51. The number of benzene rings is 1. The highest BCUT2D eigenvalue weighted by atomic mass is 19.1. The average molecular weight is 238 g/mol. The Morgan fingerprint density at radius 2 is 2.18 bits per heavy atom. The van der Waals surface area contributed by atoms with Crippen molar-refractivity contribution in [1.82, 2.24) is 0 Å². The topological polar surface area (TPSA) is 55.6 Å². The number of carbonyl (C=O) groups excluding carboxylic acids is 1. The first kappa shape index (κ1) is 11.9. The molecule has 92 valence electrons. The predicted molar refractivity (Wildman–Crippen MR) is 62.5 cm³/mol. The zero-order valence-electron chi connectivity index (χ0n) is 9.87. The lowest BCUT2D eigenvalue weighted by molar-refractivity contribution is -0.132. The summed E-state index contributed by atoms with van der Waals surface area (Å²) in [6.45, 7) is 4.04. The minimum absolute atomic E-state index is 0.207. The minimum atomic E-state index is -0.944. The molecule has 1 aromatic rings. The second-order valence-corrected chi connectivity index (χ2v) is 4.47. The van der Waals surface area contributed by atoms with Gasteiger partial charge < -0.3 is 15.4 Å². The predicted octanol–water partition coefficient (Wildman–Crippen LogP) is 1.29. The highest BCUT2D eigenvalue weighted by molar-refractivity contribution is 6.02. The van der Waals surface area contributed by atoms with Crippen LogP contribution in [0.2, 0.25) is 0 Å². The van der Waals surface area contributed by atoms with Crippen molar-refractivity contribution in [3.63, 3.8) is 0 Å². The van der Waals surface area contributed by atoms with E-state index < -0.39 is 11.4 Å². The number of carbonyl (C=O) groups is 1. The molecule has 1 amide bonds. The van der Waals surface area contributed by atoms with Gasteiger partial charge in [0.2, 0.25) is 0 Å². The second-order valence-electron chi connectivity index (χ2n) is 4.47. The number of fused-ring (bicyclic) bond motifs is 1. The van der Waals surface area contributed by atoms with Crippen LogP contribution in [-0.4, -0.2) is 24.6 Å². The van der Waals surface area contributed by atoms with Crippen LogP contribution in [0.15, 0.2) is 18.2 Å². The monoisotopic (exact) mass is 238 g/mol. The van der Waals surface area contributed by atoms with Gasteiger partial charge in [-0.1, -0.05) is 0 Å². The van der Waals surface area contributed by atoms with Crippen molar-refractivity contribution < 1.29 is 13.9 Å². The SMILES string of the molecule is CC1(C)Oc2ccc(F)cc2N(CCN)C1=O. The van der Waals surface area contributed by atoms with E-state index in [1.54, 1.807) is 13.8 Å². The van der Waals surface area contributed by atoms with Crippen molar-refractivity contribution >= 4 is 11.6 Å². The fourth-order valence-corrected chi connectivity index (χ4v) is 1.89. The van der Waals surface area contributed by atoms with E-state index in [1.807, 2.05) is 0 Å². The molecule has 1 aromatic carbocycles. The quantitative estimate of drug-likeness (QED) is 0.844. The Hall–Kier alpha value is -1.62. The van der Waals surface area contributed by atoms with Crippen molar-refractivity contribution in [3.8, 4) is 5.75 Å². The molecule has 1 aliphatic heterocycles. The summed E-state index contributed by atoms with van der Waals surface area (Å²) in [6.07, 6.45) is 0. The van der Waals surface area contributed by atoms with Gasteiger partial charge in [0.25, 0.3) is 5.91 Å². The van der Waals surface area contributed by atoms with Gasteiger partial charge in [0, 0.05) is 19.2 Å². The molecule has 0 spiro atoms. The zero-order valence-corrected chi connectivity index (χ0v) is 9.87. The highest BCUT2D eigenvalue weighted by Crippen LogP contribution is 2.37. The first-order chi connectivity index (χ1) is 7.95. The average Bonchev–Trinajstić information content (AvgIpc) is 2.26. The number of nitrogens with zero attached hydrogens (tertiary/aromatic N) is 1. The molecular formula is C12H15FN2O2. The fraction of sp³-hybridized carbons (Fsp3) is 0.417. The summed E-state index contributed by atoms with van der Waals surface area (Å²) in [6, 6.07) is 4.13. The third-order valence-corrected chi connectivity index (χ3v) is 2.69. The Labute approximate surface area is 99.2 Å². The van der Waals surface area contributed by atoms with E-state index in [-0.39, 0.29) is 5.91 Å². The molecule has 5 heteroatoms. The van der Waals surface area contributed by atoms with Crippen LogP contribution in [0.25, 0.3) is 0 Å². The normalized spacial score (nSPS) is 17.6. The third-order valence-electron chi connectivity index (χ3n) is 2.69. The van der Waals surface area contributed by atoms with Crippen LogP contribution in [0.3, 0.4) is 0 Å². The fourth-order valence-electron chi connectivity index (χ4n) is 1.89. The van der Waals surface area contributed by atoms with Crippen molar-refractivity contribution in [2.45, 2.75) is 19.4 Å². The van der Waals surface area contributed by atoms with E-state index in [0.29, 0.717) is 24.5 Å². The highest BCUT2D eigenvalue weighted by Gasteiger charge is 2.40. The number of rotatable bonds is 2. The summed E-state index contributed by atoms with van der Waals surface area (Å²) in [7, 11) is 0. The molecule has 0 atom stereocenters. The first-order valence-electron chi connectivity index (χ1n) is 5.46. The molecule has 0 saturated heterocycles. The van der Waals surface area contributed by atoms with Gasteiger partial charge in [-0.2, -0.15) is 0 Å². The summed E-state index contributed by atoms with van der Waals surface area (Å²) in [4.78, 5) is 13.6. The number of nitrogens with two attached hydrogens (primary N) is 1. The summed E-state index contributed by atoms with van der Waals surface area (Å²) in [5.74, 6) is -0.104. The van der Waals surface area contributed by atoms with E-state index in [2.05, 4.69) is 0 Å². The number of hydrogen-bond donors (Lipinski definition) is 1.